The van der Waals surface area contributed by atoms with Crippen molar-refractivity contribution >= 4 is 31.9 Å². The molecule has 0 aliphatic heterocycles. The summed E-state index contributed by atoms with van der Waals surface area (Å²) in [5, 5.41) is 13.4. The summed E-state index contributed by atoms with van der Waals surface area (Å²) in [5.74, 6) is 1.65. The molecular weight excluding hydrogens is 434 g/mol. The molecule has 3 nitrogen and oxygen atoms in total. The van der Waals surface area contributed by atoms with Crippen LogP contribution in [0.1, 0.15) is 17.4 Å². The van der Waals surface area contributed by atoms with Crippen molar-refractivity contribution in [1.29, 1.82) is 0 Å². The molecule has 0 aliphatic carbocycles. The molecule has 5 heteroatoms. The Hall–Kier alpha value is -1.40. The number of hydrogen-bond donors (Lipinski definition) is 2. The van der Waals surface area contributed by atoms with Crippen LogP contribution in [-0.2, 0) is 6.54 Å². The second kappa shape index (κ2) is 8.12. The first kappa shape index (κ1) is 17.4. The summed E-state index contributed by atoms with van der Waals surface area (Å²) in [7, 11) is 0. The van der Waals surface area contributed by atoms with Gasteiger partial charge in [0.2, 0.25) is 0 Å². The summed E-state index contributed by atoms with van der Waals surface area (Å²) in [6, 6.07) is 19.5. The summed E-state index contributed by atoms with van der Waals surface area (Å²) >= 11 is 7.00. The summed E-state index contributed by atoms with van der Waals surface area (Å²) in [6.07, 6.45) is -0.527. The Morgan fingerprint density at radius 1 is 1.00 bits per heavy atom. The molecule has 0 bridgehead atoms. The first-order valence-electron chi connectivity index (χ1n) is 7.61. The standard InChI is InChI=1S/C19H17Br2NO2/c20-14-6-8-16(17(21)10-14)19-9-7-15(24-19)11-22-12-18(23)13-4-2-1-3-5-13/h1-10,18,22-23H,11-12H2/t18-/m1/s1. The average Bonchev–Trinajstić information content (AvgIpc) is 3.04. The smallest absolute Gasteiger partial charge is 0.135 e. The van der Waals surface area contributed by atoms with Crippen LogP contribution in [0.5, 0.6) is 0 Å². The third-order valence-electron chi connectivity index (χ3n) is 3.68. The molecule has 0 radical (unpaired) electrons. The quantitative estimate of drug-likeness (QED) is 0.535. The van der Waals surface area contributed by atoms with Crippen molar-refractivity contribution < 1.29 is 9.52 Å². The van der Waals surface area contributed by atoms with Crippen LogP contribution in [0.3, 0.4) is 0 Å². The Morgan fingerprint density at radius 3 is 2.54 bits per heavy atom. The third-order valence-corrected chi connectivity index (χ3v) is 4.83. The molecule has 0 saturated heterocycles. The fourth-order valence-electron chi connectivity index (χ4n) is 2.43. The van der Waals surface area contributed by atoms with E-state index in [9.17, 15) is 5.11 Å². The first-order valence-corrected chi connectivity index (χ1v) is 9.20. The fourth-order valence-corrected chi connectivity index (χ4v) is 3.67. The van der Waals surface area contributed by atoms with E-state index in [0.717, 1.165) is 31.6 Å². The van der Waals surface area contributed by atoms with E-state index in [1.165, 1.54) is 0 Å². The number of furan rings is 1. The maximum Gasteiger partial charge on any atom is 0.135 e. The van der Waals surface area contributed by atoms with E-state index in [-0.39, 0.29) is 0 Å². The predicted molar refractivity (Wildman–Crippen MR) is 103 cm³/mol. The molecule has 2 aromatic carbocycles. The van der Waals surface area contributed by atoms with Crippen LogP contribution in [0.15, 0.2) is 74.0 Å². The van der Waals surface area contributed by atoms with Gasteiger partial charge in [0, 0.05) is 21.1 Å². The number of halogens is 2. The van der Waals surface area contributed by atoms with Crippen LogP contribution in [0.4, 0.5) is 0 Å². The van der Waals surface area contributed by atoms with Crippen molar-refractivity contribution in [3.05, 3.63) is 80.9 Å². The Morgan fingerprint density at radius 2 is 1.79 bits per heavy atom. The average molecular weight is 451 g/mol. The minimum Gasteiger partial charge on any atom is -0.460 e. The van der Waals surface area contributed by atoms with Crippen LogP contribution in [-0.4, -0.2) is 11.7 Å². The minimum absolute atomic E-state index is 0.474. The van der Waals surface area contributed by atoms with E-state index < -0.39 is 6.10 Å². The molecule has 124 valence electrons. The van der Waals surface area contributed by atoms with Gasteiger partial charge in [-0.3, -0.25) is 0 Å². The number of aliphatic hydroxyl groups is 1. The van der Waals surface area contributed by atoms with Crippen LogP contribution >= 0.6 is 31.9 Å². The van der Waals surface area contributed by atoms with Gasteiger partial charge in [-0.25, -0.2) is 0 Å². The zero-order chi connectivity index (χ0) is 16.9. The highest BCUT2D eigenvalue weighted by Crippen LogP contribution is 2.31. The maximum absolute atomic E-state index is 10.1. The second-order valence-corrected chi connectivity index (χ2v) is 7.22. The second-order valence-electron chi connectivity index (χ2n) is 5.45. The molecule has 3 rings (SSSR count). The molecule has 24 heavy (non-hydrogen) atoms. The van der Waals surface area contributed by atoms with Gasteiger partial charge in [-0.05, 0) is 51.8 Å². The normalized spacial score (nSPS) is 12.3. The van der Waals surface area contributed by atoms with Crippen molar-refractivity contribution in [1.82, 2.24) is 5.32 Å². The summed E-state index contributed by atoms with van der Waals surface area (Å²) in [4.78, 5) is 0. The van der Waals surface area contributed by atoms with E-state index >= 15 is 0 Å². The summed E-state index contributed by atoms with van der Waals surface area (Å²) in [6.45, 7) is 1.04. The maximum atomic E-state index is 10.1. The number of benzene rings is 2. The van der Waals surface area contributed by atoms with Gasteiger partial charge in [-0.1, -0.05) is 46.3 Å². The van der Waals surface area contributed by atoms with Gasteiger partial charge < -0.3 is 14.8 Å². The van der Waals surface area contributed by atoms with Crippen molar-refractivity contribution in [2.45, 2.75) is 12.6 Å². The van der Waals surface area contributed by atoms with Crippen LogP contribution in [0.25, 0.3) is 11.3 Å². The number of hydrogen-bond acceptors (Lipinski definition) is 3. The van der Waals surface area contributed by atoms with E-state index in [1.807, 2.05) is 60.7 Å². The van der Waals surface area contributed by atoms with Crippen LogP contribution in [0, 0.1) is 0 Å². The molecule has 1 heterocycles. The number of nitrogens with one attached hydrogen (secondary N) is 1. The zero-order valence-electron chi connectivity index (χ0n) is 12.9. The van der Waals surface area contributed by atoms with E-state index in [4.69, 9.17) is 4.42 Å². The number of rotatable bonds is 6. The highest BCUT2D eigenvalue weighted by molar-refractivity contribution is 9.11. The Labute approximate surface area is 158 Å². The minimum atomic E-state index is -0.527. The largest absolute Gasteiger partial charge is 0.460 e. The number of aliphatic hydroxyl groups excluding tert-OH is 1. The summed E-state index contributed by atoms with van der Waals surface area (Å²) in [5.41, 5.74) is 1.91. The monoisotopic (exact) mass is 449 g/mol. The molecule has 0 unspecified atom stereocenters. The lowest BCUT2D eigenvalue weighted by atomic mass is 10.1. The van der Waals surface area contributed by atoms with E-state index in [0.29, 0.717) is 13.1 Å². The lowest BCUT2D eigenvalue weighted by Crippen LogP contribution is -2.20. The van der Waals surface area contributed by atoms with Crippen molar-refractivity contribution in [3.8, 4) is 11.3 Å². The molecule has 1 aromatic heterocycles. The lowest BCUT2D eigenvalue weighted by molar-refractivity contribution is 0.173. The van der Waals surface area contributed by atoms with Crippen LogP contribution < -0.4 is 5.32 Å². The van der Waals surface area contributed by atoms with Gasteiger partial charge in [-0.2, -0.15) is 0 Å². The van der Waals surface area contributed by atoms with Crippen molar-refractivity contribution in [3.63, 3.8) is 0 Å². The van der Waals surface area contributed by atoms with E-state index in [1.54, 1.807) is 0 Å². The Balaban J connectivity index is 1.58. The molecule has 0 fully saturated rings. The highest BCUT2D eigenvalue weighted by atomic mass is 79.9. The SMILES string of the molecule is O[C@H](CNCc1ccc(-c2ccc(Br)cc2Br)o1)c1ccccc1. The van der Waals surface area contributed by atoms with Gasteiger partial charge in [0.1, 0.15) is 11.5 Å². The Bertz CT molecular complexity index is 802. The van der Waals surface area contributed by atoms with Gasteiger partial charge >= 0.3 is 0 Å². The molecule has 0 amide bonds. The van der Waals surface area contributed by atoms with Gasteiger partial charge in [-0.15, -0.1) is 0 Å². The molecule has 3 aromatic rings. The lowest BCUT2D eigenvalue weighted by Gasteiger charge is -2.11. The first-order chi connectivity index (χ1) is 11.6. The molecule has 0 saturated carbocycles. The molecule has 2 N–H and O–H groups in total. The molecule has 1 atom stereocenters. The third kappa shape index (κ3) is 4.36. The van der Waals surface area contributed by atoms with Gasteiger partial charge in [0.15, 0.2) is 0 Å². The fraction of sp³-hybridized carbons (Fsp3) is 0.158. The van der Waals surface area contributed by atoms with E-state index in [2.05, 4.69) is 37.2 Å². The predicted octanol–water partition coefficient (Wildman–Crippen LogP) is 5.29. The molecule has 0 aliphatic rings. The molecule has 0 spiro atoms. The summed E-state index contributed by atoms with van der Waals surface area (Å²) < 4.78 is 7.88. The highest BCUT2D eigenvalue weighted by Gasteiger charge is 2.10. The molecular formula is C19H17Br2NO2. The van der Waals surface area contributed by atoms with Crippen molar-refractivity contribution in [2.24, 2.45) is 0 Å². The van der Waals surface area contributed by atoms with Crippen LogP contribution in [0.2, 0.25) is 0 Å². The topological polar surface area (TPSA) is 45.4 Å². The Kier molecular flexibility index (Phi) is 5.89. The zero-order valence-corrected chi connectivity index (χ0v) is 16.0. The van der Waals surface area contributed by atoms with Gasteiger partial charge in [0.05, 0.1) is 12.6 Å². The van der Waals surface area contributed by atoms with Gasteiger partial charge in [0.25, 0.3) is 0 Å². The van der Waals surface area contributed by atoms with Crippen molar-refractivity contribution in [2.75, 3.05) is 6.54 Å².